The summed E-state index contributed by atoms with van der Waals surface area (Å²) in [5.74, 6) is -0.935. The van der Waals surface area contributed by atoms with Crippen molar-refractivity contribution in [2.24, 2.45) is 0 Å². The molecule has 0 heterocycles. The Hall–Kier alpha value is -4.34. The maximum absolute atomic E-state index is 13.2. The van der Waals surface area contributed by atoms with Crippen LogP contribution in [0.15, 0.2) is 66.7 Å². The lowest BCUT2D eigenvalue weighted by molar-refractivity contribution is -0.137. The summed E-state index contributed by atoms with van der Waals surface area (Å²) in [6.45, 7) is 0.951. The SMILES string of the molecule is CC(O)(CNc1ccc(C#N)c(-c2ccccc2)c1)C(=O)Nc1ccc(C#N)c(C(F)(F)F)c1. The predicted molar refractivity (Wildman–Crippen MR) is 120 cm³/mol. The van der Waals surface area contributed by atoms with E-state index in [1.807, 2.05) is 30.3 Å². The van der Waals surface area contributed by atoms with E-state index in [1.165, 1.54) is 13.0 Å². The highest BCUT2D eigenvalue weighted by Gasteiger charge is 2.35. The summed E-state index contributed by atoms with van der Waals surface area (Å²) in [5.41, 5.74) is -1.51. The van der Waals surface area contributed by atoms with Gasteiger partial charge in [-0.05, 0) is 48.9 Å². The summed E-state index contributed by atoms with van der Waals surface area (Å²) in [6, 6.07) is 20.5. The van der Waals surface area contributed by atoms with Gasteiger partial charge in [0.2, 0.25) is 0 Å². The fourth-order valence-electron chi connectivity index (χ4n) is 3.18. The zero-order valence-electron chi connectivity index (χ0n) is 17.9. The topological polar surface area (TPSA) is 109 Å². The Morgan fingerprint density at radius 3 is 2.18 bits per heavy atom. The van der Waals surface area contributed by atoms with Crippen LogP contribution < -0.4 is 10.6 Å². The molecule has 0 aliphatic rings. The van der Waals surface area contributed by atoms with Gasteiger partial charge in [0.25, 0.3) is 5.91 Å². The summed E-state index contributed by atoms with van der Waals surface area (Å²) >= 11 is 0. The Morgan fingerprint density at radius 1 is 0.941 bits per heavy atom. The Kier molecular flexibility index (Phi) is 6.90. The first-order chi connectivity index (χ1) is 16.0. The number of anilines is 2. The molecule has 3 N–H and O–H groups in total. The first kappa shape index (κ1) is 24.3. The van der Waals surface area contributed by atoms with Crippen LogP contribution in [0.25, 0.3) is 11.1 Å². The van der Waals surface area contributed by atoms with Gasteiger partial charge in [-0.25, -0.2) is 0 Å². The quantitative estimate of drug-likeness (QED) is 0.480. The molecule has 3 aromatic carbocycles. The second-order valence-electron chi connectivity index (χ2n) is 7.69. The van der Waals surface area contributed by atoms with Gasteiger partial charge in [0, 0.05) is 16.9 Å². The van der Waals surface area contributed by atoms with E-state index < -0.39 is 28.8 Å². The minimum atomic E-state index is -4.78. The summed E-state index contributed by atoms with van der Waals surface area (Å²) in [6.07, 6.45) is -4.78. The fraction of sp³-hybridized carbons (Fsp3) is 0.160. The molecule has 0 bridgehead atoms. The maximum Gasteiger partial charge on any atom is 0.417 e. The number of carbonyl (C=O) groups is 1. The maximum atomic E-state index is 13.2. The lowest BCUT2D eigenvalue weighted by atomic mass is 9.99. The number of hydrogen-bond acceptors (Lipinski definition) is 5. The van der Waals surface area contributed by atoms with Crippen molar-refractivity contribution in [2.75, 3.05) is 17.2 Å². The summed E-state index contributed by atoms with van der Waals surface area (Å²) < 4.78 is 39.5. The number of hydrogen-bond donors (Lipinski definition) is 3. The van der Waals surface area contributed by atoms with Gasteiger partial charge in [0.05, 0.1) is 35.4 Å². The molecule has 0 saturated heterocycles. The number of benzene rings is 3. The molecule has 34 heavy (non-hydrogen) atoms. The average molecular weight is 464 g/mol. The molecule has 1 amide bonds. The number of nitrogens with one attached hydrogen (secondary N) is 2. The van der Waals surface area contributed by atoms with E-state index in [0.29, 0.717) is 22.9 Å². The molecule has 0 radical (unpaired) electrons. The third kappa shape index (κ3) is 5.52. The molecule has 0 spiro atoms. The van der Waals surface area contributed by atoms with Crippen LogP contribution in [0.2, 0.25) is 0 Å². The van der Waals surface area contributed by atoms with Crippen molar-refractivity contribution < 1.29 is 23.1 Å². The highest BCUT2D eigenvalue weighted by atomic mass is 19.4. The Bertz CT molecular complexity index is 1290. The van der Waals surface area contributed by atoms with Crippen LogP contribution >= 0.6 is 0 Å². The van der Waals surface area contributed by atoms with E-state index >= 15 is 0 Å². The van der Waals surface area contributed by atoms with Crippen molar-refractivity contribution in [3.8, 4) is 23.3 Å². The number of aliphatic hydroxyl groups is 1. The molecule has 0 fully saturated rings. The Balaban J connectivity index is 1.75. The Labute approximate surface area is 193 Å². The molecular weight excluding hydrogens is 445 g/mol. The molecular formula is C25H19F3N4O2. The molecule has 0 saturated carbocycles. The fourth-order valence-corrected chi connectivity index (χ4v) is 3.18. The van der Waals surface area contributed by atoms with Gasteiger partial charge in [-0.1, -0.05) is 30.3 Å². The van der Waals surface area contributed by atoms with Crippen molar-refractivity contribution >= 4 is 17.3 Å². The molecule has 1 unspecified atom stereocenters. The highest BCUT2D eigenvalue weighted by molar-refractivity contribution is 5.97. The zero-order chi connectivity index (χ0) is 24.9. The van der Waals surface area contributed by atoms with Crippen molar-refractivity contribution in [2.45, 2.75) is 18.7 Å². The number of carbonyl (C=O) groups excluding carboxylic acids is 1. The van der Waals surface area contributed by atoms with Crippen LogP contribution in [0.5, 0.6) is 0 Å². The van der Waals surface area contributed by atoms with Crippen LogP contribution in [0.3, 0.4) is 0 Å². The molecule has 6 nitrogen and oxygen atoms in total. The van der Waals surface area contributed by atoms with Crippen molar-refractivity contribution in [1.82, 2.24) is 0 Å². The second-order valence-corrected chi connectivity index (χ2v) is 7.69. The van der Waals surface area contributed by atoms with Crippen LogP contribution in [0, 0.1) is 22.7 Å². The summed E-state index contributed by atoms with van der Waals surface area (Å²) in [7, 11) is 0. The van der Waals surface area contributed by atoms with Crippen molar-refractivity contribution in [1.29, 1.82) is 10.5 Å². The minimum Gasteiger partial charge on any atom is -0.382 e. The van der Waals surface area contributed by atoms with Crippen LogP contribution in [0.1, 0.15) is 23.6 Å². The number of nitrogens with zero attached hydrogens (tertiary/aromatic N) is 2. The molecule has 3 rings (SSSR count). The van der Waals surface area contributed by atoms with Gasteiger partial charge in [-0.2, -0.15) is 23.7 Å². The third-order valence-electron chi connectivity index (χ3n) is 5.05. The van der Waals surface area contributed by atoms with Gasteiger partial charge >= 0.3 is 6.18 Å². The monoisotopic (exact) mass is 464 g/mol. The number of alkyl halides is 3. The van der Waals surface area contributed by atoms with Gasteiger partial charge < -0.3 is 15.7 Å². The molecule has 0 aromatic heterocycles. The van der Waals surface area contributed by atoms with Crippen LogP contribution in [-0.2, 0) is 11.0 Å². The Morgan fingerprint density at radius 2 is 1.56 bits per heavy atom. The standard InChI is InChI=1S/C25H19F3N4O2/c1-24(34,23(33)32-20-10-8-18(14-30)22(12-20)25(26,27)28)15-31-19-9-7-17(13-29)21(11-19)16-5-3-2-4-6-16/h2-12,31,34H,15H2,1H3,(H,32,33). The highest BCUT2D eigenvalue weighted by Crippen LogP contribution is 2.34. The smallest absolute Gasteiger partial charge is 0.382 e. The molecule has 1 atom stereocenters. The minimum absolute atomic E-state index is 0.207. The van der Waals surface area contributed by atoms with Crippen LogP contribution in [0.4, 0.5) is 24.5 Å². The predicted octanol–water partition coefficient (Wildman–Crippen LogP) is 4.92. The van der Waals surface area contributed by atoms with Crippen molar-refractivity contribution in [3.63, 3.8) is 0 Å². The van der Waals surface area contributed by atoms with Crippen LogP contribution in [-0.4, -0.2) is 23.2 Å². The second kappa shape index (κ2) is 9.65. The normalized spacial score (nSPS) is 12.7. The van der Waals surface area contributed by atoms with Gasteiger partial charge in [0.15, 0.2) is 5.60 Å². The molecule has 172 valence electrons. The largest absolute Gasteiger partial charge is 0.417 e. The van der Waals surface area contributed by atoms with E-state index in [0.717, 1.165) is 17.7 Å². The molecule has 0 aliphatic carbocycles. The number of rotatable bonds is 6. The number of halogens is 3. The lowest BCUT2D eigenvalue weighted by Gasteiger charge is -2.24. The number of nitriles is 2. The first-order valence-electron chi connectivity index (χ1n) is 10.0. The lowest BCUT2D eigenvalue weighted by Crippen LogP contribution is -2.45. The summed E-state index contributed by atoms with van der Waals surface area (Å²) in [4.78, 5) is 12.6. The van der Waals surface area contributed by atoms with E-state index in [-0.39, 0.29) is 12.2 Å². The first-order valence-corrected chi connectivity index (χ1v) is 10.0. The summed E-state index contributed by atoms with van der Waals surface area (Å²) in [5, 5.41) is 34.1. The van der Waals surface area contributed by atoms with Gasteiger partial charge in [0.1, 0.15) is 0 Å². The third-order valence-corrected chi connectivity index (χ3v) is 5.05. The molecule has 3 aromatic rings. The van der Waals surface area contributed by atoms with E-state index in [1.54, 1.807) is 18.2 Å². The van der Waals surface area contributed by atoms with Gasteiger partial charge in [-0.15, -0.1) is 0 Å². The average Bonchev–Trinajstić information content (AvgIpc) is 2.82. The molecule has 9 heteroatoms. The van der Waals surface area contributed by atoms with E-state index in [9.17, 15) is 28.3 Å². The van der Waals surface area contributed by atoms with Gasteiger partial charge in [-0.3, -0.25) is 4.79 Å². The van der Waals surface area contributed by atoms with E-state index in [4.69, 9.17) is 5.26 Å². The zero-order valence-corrected chi connectivity index (χ0v) is 17.9. The van der Waals surface area contributed by atoms with E-state index in [2.05, 4.69) is 16.7 Å². The molecule has 0 aliphatic heterocycles. The number of amides is 1. The van der Waals surface area contributed by atoms with Crippen molar-refractivity contribution in [3.05, 3.63) is 83.4 Å².